The van der Waals surface area contributed by atoms with E-state index in [9.17, 15) is 0 Å². The molecule has 0 aromatic heterocycles. The second-order valence-electron chi connectivity index (χ2n) is 19.6. The molecule has 0 heterocycles. The Morgan fingerprint density at radius 3 is 1.23 bits per heavy atom. The molecular formula is C48H80N5Si2Sm. The molecule has 0 bridgehead atoms. The van der Waals surface area contributed by atoms with Crippen molar-refractivity contribution in [2.45, 2.75) is 195 Å². The molecule has 0 amide bonds. The van der Waals surface area contributed by atoms with E-state index in [1.807, 2.05) is 0 Å². The number of benzene rings is 2. The van der Waals surface area contributed by atoms with E-state index in [4.69, 9.17) is 33.4 Å². The van der Waals surface area contributed by atoms with Crippen molar-refractivity contribution in [1.82, 2.24) is 5.32 Å². The zero-order chi connectivity index (χ0) is 41.1. The molecule has 2 fully saturated rings. The van der Waals surface area contributed by atoms with Gasteiger partial charge in [-0.2, -0.15) is 11.4 Å². The van der Waals surface area contributed by atoms with Crippen LogP contribution in [0.15, 0.2) is 65.9 Å². The van der Waals surface area contributed by atoms with Gasteiger partial charge in [0.2, 0.25) is 0 Å². The van der Waals surface area contributed by atoms with Crippen LogP contribution in [0.1, 0.15) is 166 Å². The topological polar surface area (TPSA) is 66.7 Å². The monoisotopic (exact) mass is 935 g/mol. The molecule has 0 atom stereocenters. The number of hydrogen-bond acceptors (Lipinski definition) is 1. The standard InChI is InChI=1S/C42H62N4.C6H18NSi2.Sm/c1-27(2)35-23-17-24-36(28(3)4)40(35)43-31(9)39(32(10)44-41-37(29(5)6)25-18-26-38(41)30(7)8)42(45-33-19-13-11-14-20-33)46-34-21-15-12-16-22-34;1-8(2,3)7-9(4,5)6;/h17-18,23-30,33-34,39H,9-16,19-22H2,1-8H3,(H,45,46);1-6H3;/q-2;-1;+3. The number of nitrogens with one attached hydrogen (secondary N) is 1. The third-order valence-electron chi connectivity index (χ3n) is 10.7. The molecule has 0 unspecified atom stereocenters. The van der Waals surface area contributed by atoms with Crippen LogP contribution in [0.4, 0.5) is 11.4 Å². The van der Waals surface area contributed by atoms with Crippen LogP contribution >= 0.6 is 0 Å². The van der Waals surface area contributed by atoms with Crippen LogP contribution in [-0.4, -0.2) is 34.4 Å². The van der Waals surface area contributed by atoms with E-state index in [0.29, 0.717) is 35.8 Å². The maximum atomic E-state index is 5.55. The maximum Gasteiger partial charge on any atom is 3.00 e. The minimum absolute atomic E-state index is 0. The Kier molecular flexibility index (Phi) is 21.3. The van der Waals surface area contributed by atoms with Gasteiger partial charge in [0.15, 0.2) is 0 Å². The summed E-state index contributed by atoms with van der Waals surface area (Å²) in [6, 6.07) is 14.0. The molecule has 311 valence electrons. The first kappa shape index (κ1) is 50.9. The normalized spacial score (nSPS) is 16.2. The van der Waals surface area contributed by atoms with Gasteiger partial charge < -0.3 is 20.6 Å². The minimum Gasteiger partial charge on any atom is -0.668 e. The third kappa shape index (κ3) is 16.4. The largest absolute Gasteiger partial charge is 3.00 e. The van der Waals surface area contributed by atoms with E-state index in [0.717, 1.165) is 41.4 Å². The third-order valence-corrected chi connectivity index (χ3v) is 16.0. The molecule has 2 aromatic carbocycles. The molecule has 0 aliphatic heterocycles. The molecule has 2 saturated carbocycles. The van der Waals surface area contributed by atoms with Gasteiger partial charge in [-0.15, -0.1) is 24.5 Å². The molecule has 5 nitrogen and oxygen atoms in total. The molecule has 4 rings (SSSR count). The zero-order valence-electron chi connectivity index (χ0n) is 38.2. The Morgan fingerprint density at radius 1 is 0.589 bits per heavy atom. The van der Waals surface area contributed by atoms with E-state index < -0.39 is 16.5 Å². The van der Waals surface area contributed by atoms with E-state index >= 15 is 0 Å². The first-order chi connectivity index (χ1) is 25.7. The Morgan fingerprint density at radius 2 is 0.929 bits per heavy atom. The SMILES string of the molecule is C=C([N-]c1c(C(C)C)cccc1C(C)C)C(C(=C)[N-]c1c(C(C)C)cccc1C(C)C)C(=NC1CCCCC1)NC1CCCCC1.C[Si](C)(C)[N-][Si](C)(C)C.[Sm+3]. The average molecular weight is 934 g/mol. The van der Waals surface area contributed by atoms with Crippen molar-refractivity contribution in [2.24, 2.45) is 10.9 Å². The van der Waals surface area contributed by atoms with Crippen molar-refractivity contribution in [3.63, 3.8) is 0 Å². The average Bonchev–Trinajstić information content (AvgIpc) is 3.07. The Hall–Kier alpha value is -1.28. The predicted molar refractivity (Wildman–Crippen MR) is 251 cm³/mol. The summed E-state index contributed by atoms with van der Waals surface area (Å²) in [6.07, 6.45) is 12.2. The second-order valence-corrected chi connectivity index (χ2v) is 29.1. The molecule has 2 aromatic rings. The number of aliphatic imine (C=N–C) groups is 1. The van der Waals surface area contributed by atoms with Crippen molar-refractivity contribution in [3.05, 3.63) is 98.5 Å². The summed E-state index contributed by atoms with van der Waals surface area (Å²) in [5, 5.41) is 14.9. The summed E-state index contributed by atoms with van der Waals surface area (Å²) in [5.41, 5.74) is 8.67. The Bertz CT molecular complexity index is 1410. The van der Waals surface area contributed by atoms with Crippen molar-refractivity contribution in [3.8, 4) is 0 Å². The van der Waals surface area contributed by atoms with Crippen LogP contribution in [0.2, 0.25) is 39.3 Å². The van der Waals surface area contributed by atoms with E-state index in [1.54, 1.807) is 0 Å². The zero-order valence-corrected chi connectivity index (χ0v) is 42.8. The van der Waals surface area contributed by atoms with Crippen molar-refractivity contribution >= 4 is 33.7 Å². The number of rotatable bonds is 15. The van der Waals surface area contributed by atoms with Crippen LogP contribution in [0.3, 0.4) is 0 Å². The number of hydrogen-bond donors (Lipinski definition) is 1. The predicted octanol–water partition coefficient (Wildman–Crippen LogP) is 16.2. The fraction of sp³-hybridized carbons (Fsp3) is 0.646. The minimum atomic E-state index is -1.11. The number of para-hydroxylation sites is 2. The molecule has 2 aliphatic carbocycles. The van der Waals surface area contributed by atoms with Gasteiger partial charge in [0.25, 0.3) is 0 Å². The van der Waals surface area contributed by atoms with Crippen LogP contribution < -0.4 is 5.32 Å². The van der Waals surface area contributed by atoms with Crippen LogP contribution in [0.5, 0.6) is 0 Å². The van der Waals surface area contributed by atoms with Gasteiger partial charge in [-0.3, -0.25) is 4.99 Å². The first-order valence-corrected chi connectivity index (χ1v) is 28.7. The van der Waals surface area contributed by atoms with Gasteiger partial charge in [-0.25, -0.2) is 0 Å². The van der Waals surface area contributed by atoms with E-state index in [1.165, 1.54) is 73.6 Å². The van der Waals surface area contributed by atoms with Gasteiger partial charge in [0.1, 0.15) is 5.84 Å². The molecule has 1 N–H and O–H groups in total. The fourth-order valence-electron chi connectivity index (χ4n) is 8.27. The van der Waals surface area contributed by atoms with E-state index in [2.05, 4.69) is 136 Å². The van der Waals surface area contributed by atoms with Crippen molar-refractivity contribution in [2.75, 3.05) is 0 Å². The van der Waals surface area contributed by atoms with Gasteiger partial charge in [0.05, 0.1) is 6.04 Å². The molecule has 8 heteroatoms. The summed E-state index contributed by atoms with van der Waals surface area (Å²) >= 11 is 0. The molecule has 1 radical (unpaired) electrons. The molecule has 2 aliphatic rings. The van der Waals surface area contributed by atoms with Crippen molar-refractivity contribution < 1.29 is 40.4 Å². The Labute approximate surface area is 380 Å². The fourth-order valence-corrected chi connectivity index (χ4v) is 16.3. The molecule has 0 saturated heterocycles. The summed E-state index contributed by atoms with van der Waals surface area (Å²) in [4.78, 5) is 5.55. The molecule has 56 heavy (non-hydrogen) atoms. The smallest absolute Gasteiger partial charge is 0.668 e. The molecular weight excluding hydrogens is 853 g/mol. The van der Waals surface area contributed by atoms with Gasteiger partial charge in [-0.05, 0) is 49.4 Å². The summed E-state index contributed by atoms with van der Waals surface area (Å²) in [7, 11) is -2.21. The van der Waals surface area contributed by atoms with Crippen LogP contribution in [0, 0.1) is 46.3 Å². The second kappa shape index (κ2) is 23.5. The first-order valence-electron chi connectivity index (χ1n) is 21.8. The van der Waals surface area contributed by atoms with Crippen LogP contribution in [-0.2, 0) is 0 Å². The molecule has 0 spiro atoms. The van der Waals surface area contributed by atoms with Gasteiger partial charge >= 0.3 is 40.4 Å². The Balaban J connectivity index is 0.000000963. The number of amidine groups is 1. The van der Waals surface area contributed by atoms with Gasteiger partial charge in [0, 0.05) is 12.0 Å². The van der Waals surface area contributed by atoms with Crippen LogP contribution in [0.25, 0.3) is 15.3 Å². The van der Waals surface area contributed by atoms with E-state index in [-0.39, 0.29) is 46.3 Å². The number of nitrogens with zero attached hydrogens (tertiary/aromatic N) is 4. The van der Waals surface area contributed by atoms with Gasteiger partial charge in [-0.1, -0.05) is 208 Å². The maximum absolute atomic E-state index is 5.55. The van der Waals surface area contributed by atoms with Crippen molar-refractivity contribution in [1.29, 1.82) is 0 Å². The quantitative estimate of drug-likeness (QED) is 0.108. The summed E-state index contributed by atoms with van der Waals surface area (Å²) in [5.74, 6) is 2.03. The summed E-state index contributed by atoms with van der Waals surface area (Å²) in [6.45, 7) is 41.3. The summed E-state index contributed by atoms with van der Waals surface area (Å²) < 4.78 is 4.82.